The van der Waals surface area contributed by atoms with Crippen LogP contribution in [0.2, 0.25) is 0 Å². The number of hydrogen-bond donors (Lipinski definition) is 10. The third-order valence-electron chi connectivity index (χ3n) is 20.5. The number of nitrogens with one attached hydrogen (secondary N) is 8. The lowest BCUT2D eigenvalue weighted by Crippen LogP contribution is -2.60. The van der Waals surface area contributed by atoms with Crippen molar-refractivity contribution in [3.05, 3.63) is 150 Å². The van der Waals surface area contributed by atoms with E-state index in [1.165, 1.54) is 9.80 Å². The molecule has 5 aromatic rings. The first-order chi connectivity index (χ1) is 51.7. The molecule has 12 unspecified atom stereocenters. The minimum Gasteiger partial charge on any atom is -0.489 e. The van der Waals surface area contributed by atoms with Crippen molar-refractivity contribution in [1.82, 2.24) is 57.3 Å². The van der Waals surface area contributed by atoms with Crippen LogP contribution in [0.1, 0.15) is 138 Å². The van der Waals surface area contributed by atoms with Crippen LogP contribution in [-0.2, 0) is 71.9 Å². The highest BCUT2D eigenvalue weighted by Crippen LogP contribution is 2.33. The van der Waals surface area contributed by atoms with Crippen molar-refractivity contribution in [2.45, 2.75) is 207 Å². The predicted octanol–water partition coefficient (Wildman–Crippen LogP) is 7.11. The van der Waals surface area contributed by atoms with Crippen LogP contribution in [-0.4, -0.2) is 203 Å². The molecule has 4 aliphatic rings. The zero-order valence-corrected chi connectivity index (χ0v) is 65.2. The Morgan fingerprint density at radius 3 is 1.61 bits per heavy atom. The molecule has 0 radical (unpaired) electrons. The number of amides is 8. The maximum absolute atomic E-state index is 15.4. The maximum Gasteiger partial charge on any atom is 0.326 e. The maximum atomic E-state index is 15.4. The van der Waals surface area contributed by atoms with E-state index in [1.807, 2.05) is 159 Å². The van der Waals surface area contributed by atoms with E-state index < -0.39 is 136 Å². The predicted molar refractivity (Wildman–Crippen MR) is 419 cm³/mol. The van der Waals surface area contributed by atoms with Crippen molar-refractivity contribution >= 4 is 86.5 Å². The van der Waals surface area contributed by atoms with Gasteiger partial charge in [-0.05, 0) is 153 Å². The molecule has 10 N–H and O–H groups in total. The van der Waals surface area contributed by atoms with Gasteiger partial charge >= 0.3 is 11.9 Å². The number of hydrazone groups is 1. The number of ether oxygens (including phenoxy) is 2. The van der Waals surface area contributed by atoms with Gasteiger partial charge in [0.05, 0.1) is 24.7 Å². The molecule has 0 aromatic heterocycles. The summed E-state index contributed by atoms with van der Waals surface area (Å²) in [6.07, 6.45) is 7.01. The fourth-order valence-electron chi connectivity index (χ4n) is 13.6. The van der Waals surface area contributed by atoms with Gasteiger partial charge in [-0.3, -0.25) is 43.4 Å². The molecule has 6 bridgehead atoms. The van der Waals surface area contributed by atoms with Gasteiger partial charge in [-0.1, -0.05) is 158 Å². The van der Waals surface area contributed by atoms with Gasteiger partial charge in [0.1, 0.15) is 60.7 Å². The van der Waals surface area contributed by atoms with Gasteiger partial charge in [0.15, 0.2) is 0 Å². The smallest absolute Gasteiger partial charge is 0.326 e. The third kappa shape index (κ3) is 23.7. The molecule has 26 heteroatoms. The van der Waals surface area contributed by atoms with Crippen LogP contribution in [0.4, 0.5) is 0 Å². The Bertz CT molecular complexity index is 4150. The van der Waals surface area contributed by atoms with E-state index in [4.69, 9.17) is 14.6 Å². The molecule has 8 amide bonds. The summed E-state index contributed by atoms with van der Waals surface area (Å²) in [7, 11) is 3.25. The largest absolute Gasteiger partial charge is 0.489 e. The van der Waals surface area contributed by atoms with Crippen molar-refractivity contribution in [3.8, 4) is 5.75 Å². The van der Waals surface area contributed by atoms with Crippen molar-refractivity contribution in [2.75, 3.05) is 47.0 Å². The Kier molecular flexibility index (Phi) is 30.1. The van der Waals surface area contributed by atoms with Gasteiger partial charge < -0.3 is 72.0 Å². The van der Waals surface area contributed by atoms with Gasteiger partial charge in [-0.2, -0.15) is 5.10 Å². The molecule has 4 heterocycles. The highest BCUT2D eigenvalue weighted by Gasteiger charge is 2.49. The first-order valence-electron chi connectivity index (χ1n) is 37.9. The van der Waals surface area contributed by atoms with Crippen molar-refractivity contribution in [2.24, 2.45) is 21.8 Å². The Hall–Kier alpha value is -10.0. The number of likely N-dealkylation sites (tertiary alicyclic amines) is 2. The molecule has 588 valence electrons. The van der Waals surface area contributed by atoms with E-state index >= 15 is 19.2 Å². The molecule has 5 aromatic carbocycles. The summed E-state index contributed by atoms with van der Waals surface area (Å²) in [6.45, 7) is 20.3. The van der Waals surface area contributed by atoms with Gasteiger partial charge in [0.25, 0.3) is 0 Å². The van der Waals surface area contributed by atoms with Crippen LogP contribution in [0.25, 0.3) is 21.5 Å². The fraction of sp³-hybridized carbons (Fsp3) is 0.506. The fourth-order valence-corrected chi connectivity index (χ4v) is 13.6. The van der Waals surface area contributed by atoms with Crippen LogP contribution < -0.4 is 47.3 Å². The summed E-state index contributed by atoms with van der Waals surface area (Å²) < 4.78 is 12.3. The second-order valence-electron chi connectivity index (χ2n) is 31.3. The van der Waals surface area contributed by atoms with Gasteiger partial charge in [-0.25, -0.2) is 9.59 Å². The average molecular weight is 1500 g/mol. The molecule has 0 aliphatic carbocycles. The Morgan fingerprint density at radius 1 is 0.615 bits per heavy atom. The van der Waals surface area contributed by atoms with Crippen LogP contribution in [0, 0.1) is 16.7 Å². The van der Waals surface area contributed by atoms with Crippen LogP contribution in [0.15, 0.2) is 138 Å². The number of rotatable bonds is 16. The third-order valence-corrected chi connectivity index (χ3v) is 20.5. The number of carboxylic acid groups (broad SMARTS) is 2. The number of aliphatic carboxylic acids is 2. The van der Waals surface area contributed by atoms with Gasteiger partial charge in [-0.15, -0.1) is 0 Å². The lowest BCUT2D eigenvalue weighted by Gasteiger charge is -2.36. The molecular weight excluding hydrogens is 1390 g/mol. The van der Waals surface area contributed by atoms with Gasteiger partial charge in [0, 0.05) is 57.3 Å². The number of carboxylic acids is 2. The number of carbonyl (C=O) groups is 10. The van der Waals surface area contributed by atoms with Crippen molar-refractivity contribution in [1.29, 1.82) is 0 Å². The second-order valence-corrected chi connectivity index (χ2v) is 31.3. The minimum absolute atomic E-state index is 0.000283. The molecule has 109 heavy (non-hydrogen) atoms. The van der Waals surface area contributed by atoms with Crippen LogP contribution in [0.5, 0.6) is 5.75 Å². The molecule has 2 fully saturated rings. The van der Waals surface area contributed by atoms with Gasteiger partial charge in [0.2, 0.25) is 47.3 Å². The summed E-state index contributed by atoms with van der Waals surface area (Å²) in [6, 6.07) is 21.2. The summed E-state index contributed by atoms with van der Waals surface area (Å²) in [5, 5.41) is 54.9. The van der Waals surface area contributed by atoms with Crippen LogP contribution >= 0.6 is 0 Å². The van der Waals surface area contributed by atoms with E-state index in [-0.39, 0.29) is 77.4 Å². The topological polar surface area (TPSA) is 348 Å². The highest BCUT2D eigenvalue weighted by molar-refractivity contribution is 5.98. The number of nitrogens with zero attached hydrogens (tertiary/aromatic N) is 4. The molecule has 2 saturated heterocycles. The summed E-state index contributed by atoms with van der Waals surface area (Å²) in [5.41, 5.74) is 1.54. The molecule has 0 saturated carbocycles. The normalized spacial score (nSPS) is 22.9. The lowest BCUT2D eigenvalue weighted by atomic mass is 9.85. The summed E-state index contributed by atoms with van der Waals surface area (Å²) in [5.74, 6) is -7.30. The average Bonchev–Trinajstić information content (AvgIpc) is 1.66. The monoisotopic (exact) mass is 1500 g/mol. The minimum atomic E-state index is -1.48. The summed E-state index contributed by atoms with van der Waals surface area (Å²) in [4.78, 5) is 147. The number of benzene rings is 5. The Labute approximate surface area is 639 Å². The summed E-state index contributed by atoms with van der Waals surface area (Å²) >= 11 is 0. The van der Waals surface area contributed by atoms with E-state index in [0.717, 1.165) is 21.5 Å². The standard InChI is InChI=1S/C83H112N12O14/c1-14-51(3)92-95-46-50(2)49-109-63-35-31-54(32-36-63)41-67(81(106)107)89-75(99)66(43-56-30-34-59-25-16-18-27-61(59)40-56)87-76(100)68-44-57(47-93(68)78(102)70(82(6,7)8)90-72(96)52(4)84-12)23-19-21-37-108-38-22-20-28-64(80(104)105)86-74(98)65(42-55-29-33-58-24-15-17-26-60(58)39-55)88-77(101)69-45-62(95)48-94(69)79(103)71(83(9,10)11)91-73(97)53(5)85-13/h15-19,21,24-27,29-36,39-40,46,52-53,57,62,64-71,84-85H,14,20,22-23,28,37-38,41-45,47-49H2,1-13H3,(H,86,98)(H,87,100)(H,88,101)(H,89,99)(H,90,96)(H,91,97)(H,104,105)(H,106,107). The Morgan fingerprint density at radius 2 is 1.11 bits per heavy atom. The highest BCUT2D eigenvalue weighted by atomic mass is 16.5. The molecule has 4 aliphatic heterocycles. The number of likely N-dealkylation sites (N-methyl/N-ethyl adjacent to an activating group) is 2. The first kappa shape index (κ1) is 84.6. The van der Waals surface area contributed by atoms with E-state index in [2.05, 4.69) is 42.5 Å². The number of allylic oxidation sites excluding steroid dienone is 1. The molecular formula is C83H112N12O14. The quantitative estimate of drug-likeness (QED) is 0.0347. The second kappa shape index (κ2) is 38.8. The van der Waals surface area contributed by atoms with Crippen LogP contribution in [0.3, 0.4) is 0 Å². The molecule has 0 spiro atoms. The van der Waals surface area contributed by atoms with Crippen molar-refractivity contribution in [3.63, 3.8) is 0 Å². The zero-order valence-electron chi connectivity index (χ0n) is 65.2. The number of hydrogen-bond acceptors (Lipinski definition) is 16. The SMILES string of the molecule is CCC(C)=NN1C=C(C)COc2ccc(cc2)CC(C(=O)O)NC(=O)C(Cc2ccc3ccccc3c2)NC(=O)C2CC(CC=CCOCCCCC(C(=O)O)NC(=O)C(Cc3ccc4ccccc4c3)NC(=O)C3CC1CN3C(=O)C(NC(=O)C(C)NC)C(C)(C)C)CN2C(=O)C(NC(=O)C(C)NC)C(C)(C)C. The number of fused-ring (bicyclic) bond motifs is 26. The first-order valence-corrected chi connectivity index (χ1v) is 37.9. The van der Waals surface area contributed by atoms with Crippen molar-refractivity contribution < 1.29 is 67.6 Å². The molecule has 26 nitrogen and oxygen atoms in total. The molecule has 9 rings (SSSR count). The molecule has 12 atom stereocenters. The Balaban J connectivity index is 1.13. The van der Waals surface area contributed by atoms with E-state index in [0.29, 0.717) is 59.4 Å². The lowest BCUT2D eigenvalue weighted by molar-refractivity contribution is -0.145. The zero-order chi connectivity index (χ0) is 79.4. The van der Waals surface area contributed by atoms with E-state index in [9.17, 15) is 39.0 Å². The van der Waals surface area contributed by atoms with E-state index in [1.54, 1.807) is 63.4 Å². The number of carbonyl (C=O) groups excluding carboxylic acids is 8.